The maximum Gasteiger partial charge on any atom is 0.0695 e. The highest BCUT2D eigenvalue weighted by atomic mass is 16.3. The Balaban J connectivity index is 1.67. The number of aromatic amines is 1. The minimum Gasteiger partial charge on any atom is -0.396 e. The number of hydrogen-bond acceptors (Lipinski definition) is 4. The molecule has 25 heavy (non-hydrogen) atoms. The van der Waals surface area contributed by atoms with Crippen LogP contribution in [0.1, 0.15) is 25.8 Å². The van der Waals surface area contributed by atoms with Gasteiger partial charge in [0.15, 0.2) is 0 Å². The minimum absolute atomic E-state index is 0.258. The summed E-state index contributed by atoms with van der Waals surface area (Å²) in [4.78, 5) is 5.04. The van der Waals surface area contributed by atoms with Gasteiger partial charge in [0.05, 0.1) is 11.9 Å². The molecule has 1 fully saturated rings. The van der Waals surface area contributed by atoms with E-state index < -0.39 is 0 Å². The van der Waals surface area contributed by atoms with Crippen LogP contribution >= 0.6 is 0 Å². The van der Waals surface area contributed by atoms with E-state index in [9.17, 15) is 5.11 Å². The molecule has 0 aliphatic carbocycles. The number of H-pyrrole nitrogens is 1. The summed E-state index contributed by atoms with van der Waals surface area (Å²) in [5.41, 5.74) is 3.54. The maximum absolute atomic E-state index is 9.45. The number of hydrogen-bond donors (Lipinski definition) is 2. The van der Waals surface area contributed by atoms with Gasteiger partial charge in [-0.3, -0.25) is 14.9 Å². The SMILES string of the molecule is CC(C)CN1CCN(Cc2cn[nH]c2-c2ccccc2)C[C@@H]1CCO. The predicted molar refractivity (Wildman–Crippen MR) is 101 cm³/mol. The molecule has 136 valence electrons. The molecule has 0 spiro atoms. The molecule has 1 atom stereocenters. The summed E-state index contributed by atoms with van der Waals surface area (Å²) in [5.74, 6) is 0.659. The molecule has 2 aromatic rings. The van der Waals surface area contributed by atoms with Crippen molar-refractivity contribution in [1.29, 1.82) is 0 Å². The average molecular weight is 342 g/mol. The van der Waals surface area contributed by atoms with Gasteiger partial charge >= 0.3 is 0 Å². The molecule has 3 rings (SSSR count). The first-order valence-electron chi connectivity index (χ1n) is 9.32. The lowest BCUT2D eigenvalue weighted by atomic mass is 10.0. The van der Waals surface area contributed by atoms with Gasteiger partial charge in [0.2, 0.25) is 0 Å². The first kappa shape index (κ1) is 18.1. The van der Waals surface area contributed by atoms with Crippen LogP contribution in [0.4, 0.5) is 0 Å². The number of nitrogens with zero attached hydrogens (tertiary/aromatic N) is 3. The van der Waals surface area contributed by atoms with Gasteiger partial charge in [-0.15, -0.1) is 0 Å². The van der Waals surface area contributed by atoms with E-state index in [1.54, 1.807) is 0 Å². The number of aliphatic hydroxyl groups is 1. The van der Waals surface area contributed by atoms with E-state index in [0.717, 1.165) is 44.8 Å². The molecular formula is C20H30N4O. The smallest absolute Gasteiger partial charge is 0.0695 e. The first-order valence-corrected chi connectivity index (χ1v) is 9.32. The molecule has 5 heteroatoms. The van der Waals surface area contributed by atoms with Crippen LogP contribution in [0.15, 0.2) is 36.5 Å². The van der Waals surface area contributed by atoms with Crippen molar-refractivity contribution < 1.29 is 5.11 Å². The predicted octanol–water partition coefficient (Wildman–Crippen LogP) is 2.60. The number of aliphatic hydroxyl groups excluding tert-OH is 1. The van der Waals surface area contributed by atoms with Crippen LogP contribution in [0.5, 0.6) is 0 Å². The van der Waals surface area contributed by atoms with Crippen LogP contribution in [0, 0.1) is 5.92 Å². The molecule has 0 bridgehead atoms. The molecule has 2 N–H and O–H groups in total. The number of rotatable bonds is 7. The second-order valence-corrected chi connectivity index (χ2v) is 7.43. The van der Waals surface area contributed by atoms with Gasteiger partial charge in [-0.05, 0) is 17.9 Å². The lowest BCUT2D eigenvalue weighted by Gasteiger charge is -2.42. The molecule has 1 saturated heterocycles. The Morgan fingerprint density at radius 2 is 2.04 bits per heavy atom. The standard InChI is InChI=1S/C20H30N4O/c1-16(2)13-24-10-9-23(15-19(24)8-11-25)14-18-12-21-22-20(18)17-6-4-3-5-7-17/h3-7,12,16,19,25H,8-11,13-15H2,1-2H3,(H,21,22)/t19-/m0/s1. The highest BCUT2D eigenvalue weighted by Crippen LogP contribution is 2.23. The lowest BCUT2D eigenvalue weighted by molar-refractivity contribution is 0.0477. The van der Waals surface area contributed by atoms with Gasteiger partial charge in [-0.2, -0.15) is 5.10 Å². The zero-order valence-corrected chi connectivity index (χ0v) is 15.4. The van der Waals surface area contributed by atoms with E-state index in [1.807, 2.05) is 12.3 Å². The largest absolute Gasteiger partial charge is 0.396 e. The van der Waals surface area contributed by atoms with Crippen molar-refractivity contribution in [3.05, 3.63) is 42.1 Å². The van der Waals surface area contributed by atoms with Crippen LogP contribution in [-0.4, -0.2) is 63.9 Å². The summed E-state index contributed by atoms with van der Waals surface area (Å²) >= 11 is 0. The molecule has 2 heterocycles. The zero-order chi connectivity index (χ0) is 17.6. The van der Waals surface area contributed by atoms with E-state index in [0.29, 0.717) is 12.0 Å². The fourth-order valence-corrected chi connectivity index (χ4v) is 3.76. The Bertz CT molecular complexity index is 640. The first-order chi connectivity index (χ1) is 12.2. The Kier molecular flexibility index (Phi) is 6.24. The summed E-state index contributed by atoms with van der Waals surface area (Å²) < 4.78 is 0. The van der Waals surface area contributed by atoms with Gasteiger partial charge in [0.1, 0.15) is 0 Å². The second-order valence-electron chi connectivity index (χ2n) is 7.43. The van der Waals surface area contributed by atoms with E-state index in [4.69, 9.17) is 0 Å². The van der Waals surface area contributed by atoms with Gasteiger partial charge in [0.25, 0.3) is 0 Å². The Morgan fingerprint density at radius 3 is 2.76 bits per heavy atom. The van der Waals surface area contributed by atoms with Crippen LogP contribution in [-0.2, 0) is 6.54 Å². The molecule has 1 aromatic carbocycles. The third-order valence-corrected chi connectivity index (χ3v) is 4.93. The van der Waals surface area contributed by atoms with Gasteiger partial charge in [-0.1, -0.05) is 44.2 Å². The fourth-order valence-electron chi connectivity index (χ4n) is 3.76. The van der Waals surface area contributed by atoms with Crippen molar-refractivity contribution in [2.75, 3.05) is 32.8 Å². The number of benzene rings is 1. The number of nitrogens with one attached hydrogen (secondary N) is 1. The van der Waals surface area contributed by atoms with E-state index in [-0.39, 0.29) is 6.61 Å². The summed E-state index contributed by atoms with van der Waals surface area (Å²) in [5, 5.41) is 16.9. The normalized spacial score (nSPS) is 19.6. The Labute approximate surface area is 150 Å². The molecule has 1 aliphatic heterocycles. The van der Waals surface area contributed by atoms with Crippen molar-refractivity contribution in [1.82, 2.24) is 20.0 Å². The third-order valence-electron chi connectivity index (χ3n) is 4.93. The molecule has 5 nitrogen and oxygen atoms in total. The van der Waals surface area contributed by atoms with Crippen LogP contribution in [0.3, 0.4) is 0 Å². The van der Waals surface area contributed by atoms with Gasteiger partial charge in [0, 0.05) is 50.9 Å². The summed E-state index contributed by atoms with van der Waals surface area (Å²) in [6.45, 7) is 9.94. The highest BCUT2D eigenvalue weighted by Gasteiger charge is 2.27. The summed E-state index contributed by atoms with van der Waals surface area (Å²) in [7, 11) is 0. The van der Waals surface area contributed by atoms with Crippen molar-refractivity contribution in [2.24, 2.45) is 5.92 Å². The Morgan fingerprint density at radius 1 is 1.24 bits per heavy atom. The van der Waals surface area contributed by atoms with Crippen LogP contribution in [0.2, 0.25) is 0 Å². The molecule has 0 radical (unpaired) electrons. The molecule has 0 amide bonds. The third kappa shape index (κ3) is 4.69. The lowest BCUT2D eigenvalue weighted by Crippen LogP contribution is -2.53. The quantitative estimate of drug-likeness (QED) is 0.812. The van der Waals surface area contributed by atoms with Gasteiger partial charge in [-0.25, -0.2) is 0 Å². The van der Waals surface area contributed by atoms with Crippen molar-refractivity contribution in [3.63, 3.8) is 0 Å². The summed E-state index contributed by atoms with van der Waals surface area (Å²) in [6.07, 6.45) is 2.80. The molecule has 1 aliphatic rings. The van der Waals surface area contributed by atoms with Crippen molar-refractivity contribution in [3.8, 4) is 11.3 Å². The topological polar surface area (TPSA) is 55.4 Å². The van der Waals surface area contributed by atoms with Crippen molar-refractivity contribution in [2.45, 2.75) is 32.9 Å². The average Bonchev–Trinajstić information content (AvgIpc) is 3.06. The molecule has 0 unspecified atom stereocenters. The molecular weight excluding hydrogens is 312 g/mol. The molecule has 0 saturated carbocycles. The minimum atomic E-state index is 0.258. The fraction of sp³-hybridized carbons (Fsp3) is 0.550. The maximum atomic E-state index is 9.45. The second kappa shape index (κ2) is 8.61. The van der Waals surface area contributed by atoms with E-state index in [1.165, 1.54) is 11.1 Å². The summed E-state index contributed by atoms with van der Waals surface area (Å²) in [6, 6.07) is 10.8. The van der Waals surface area contributed by atoms with Crippen molar-refractivity contribution >= 4 is 0 Å². The molecule has 1 aromatic heterocycles. The highest BCUT2D eigenvalue weighted by molar-refractivity contribution is 5.62. The Hall–Kier alpha value is -1.69. The van der Waals surface area contributed by atoms with Crippen LogP contribution in [0.25, 0.3) is 11.3 Å². The van der Waals surface area contributed by atoms with E-state index >= 15 is 0 Å². The number of piperazine rings is 1. The zero-order valence-electron chi connectivity index (χ0n) is 15.4. The van der Waals surface area contributed by atoms with E-state index in [2.05, 4.69) is 58.1 Å². The monoisotopic (exact) mass is 342 g/mol. The van der Waals surface area contributed by atoms with Crippen LogP contribution < -0.4 is 0 Å². The number of aromatic nitrogens is 2. The van der Waals surface area contributed by atoms with Gasteiger partial charge < -0.3 is 5.11 Å².